The van der Waals surface area contributed by atoms with Crippen molar-refractivity contribution >= 4 is 42.6 Å². The van der Waals surface area contributed by atoms with Crippen molar-refractivity contribution in [1.82, 2.24) is 4.98 Å². The first-order valence-corrected chi connectivity index (χ1v) is 6.82. The molecule has 1 aliphatic rings. The monoisotopic (exact) mass is 298 g/mol. The summed E-state index contributed by atoms with van der Waals surface area (Å²) in [7, 11) is 0. The zero-order chi connectivity index (χ0) is 11.1. The molecule has 1 aromatic carbocycles. The molecule has 0 radical (unpaired) electrons. The Labute approximate surface area is 106 Å². The second kappa shape index (κ2) is 3.98. The number of halogens is 1. The van der Waals surface area contributed by atoms with Crippen molar-refractivity contribution in [2.75, 3.05) is 18.0 Å². The fraction of sp³-hybridized carbons (Fsp3) is 0.364. The number of hydrogen-bond acceptors (Lipinski definition) is 4. The number of hydrogen-bond donors (Lipinski definition) is 1. The Kier molecular flexibility index (Phi) is 2.61. The summed E-state index contributed by atoms with van der Waals surface area (Å²) >= 11 is 5.14. The van der Waals surface area contributed by atoms with Gasteiger partial charge in [0.1, 0.15) is 0 Å². The van der Waals surface area contributed by atoms with Crippen LogP contribution in [0.25, 0.3) is 10.2 Å². The topological polar surface area (TPSA) is 36.4 Å². The molecule has 0 unspecified atom stereocenters. The maximum absolute atomic E-state index is 9.51. The lowest BCUT2D eigenvalue weighted by molar-refractivity contribution is 0.198. The standard InChI is InChI=1S/C11H11BrN2OS/c12-7-1-2-9-10(5-7)16-11(13-9)14-4-3-8(15)6-14/h1-2,5,8,15H,3-4,6H2/t8-/m1/s1. The van der Waals surface area contributed by atoms with E-state index >= 15 is 0 Å². The van der Waals surface area contributed by atoms with E-state index in [-0.39, 0.29) is 6.10 Å². The van der Waals surface area contributed by atoms with Crippen LogP contribution >= 0.6 is 27.3 Å². The molecule has 5 heteroatoms. The van der Waals surface area contributed by atoms with Crippen molar-refractivity contribution in [3.8, 4) is 0 Å². The molecule has 0 amide bonds. The van der Waals surface area contributed by atoms with Crippen molar-refractivity contribution in [2.45, 2.75) is 12.5 Å². The number of rotatable bonds is 1. The van der Waals surface area contributed by atoms with E-state index < -0.39 is 0 Å². The van der Waals surface area contributed by atoms with Crippen LogP contribution in [0.3, 0.4) is 0 Å². The number of aromatic nitrogens is 1. The zero-order valence-electron chi connectivity index (χ0n) is 8.56. The van der Waals surface area contributed by atoms with Crippen molar-refractivity contribution in [3.63, 3.8) is 0 Å². The van der Waals surface area contributed by atoms with Crippen LogP contribution < -0.4 is 4.90 Å². The third-order valence-electron chi connectivity index (χ3n) is 2.77. The molecule has 1 fully saturated rings. The quantitative estimate of drug-likeness (QED) is 0.879. The van der Waals surface area contributed by atoms with Gasteiger partial charge in [0.15, 0.2) is 5.13 Å². The molecular formula is C11H11BrN2OS. The fourth-order valence-electron chi connectivity index (χ4n) is 1.94. The second-order valence-electron chi connectivity index (χ2n) is 4.00. The van der Waals surface area contributed by atoms with Gasteiger partial charge in [-0.25, -0.2) is 4.98 Å². The molecule has 2 aromatic rings. The molecule has 1 atom stereocenters. The van der Waals surface area contributed by atoms with Gasteiger partial charge in [0, 0.05) is 17.6 Å². The Morgan fingerprint density at radius 1 is 1.50 bits per heavy atom. The van der Waals surface area contributed by atoms with Gasteiger partial charge in [0.2, 0.25) is 0 Å². The Balaban J connectivity index is 1.99. The highest BCUT2D eigenvalue weighted by atomic mass is 79.9. The SMILES string of the molecule is O[C@@H]1CCN(c2nc3ccc(Br)cc3s2)C1. The van der Waals surface area contributed by atoms with E-state index in [1.165, 1.54) is 4.70 Å². The summed E-state index contributed by atoms with van der Waals surface area (Å²) in [6.07, 6.45) is 0.651. The van der Waals surface area contributed by atoms with Crippen LogP contribution in [0, 0.1) is 0 Å². The molecule has 0 aliphatic carbocycles. The Morgan fingerprint density at radius 3 is 3.12 bits per heavy atom. The number of benzene rings is 1. The van der Waals surface area contributed by atoms with Gasteiger partial charge in [-0.2, -0.15) is 0 Å². The number of aliphatic hydroxyl groups excluding tert-OH is 1. The summed E-state index contributed by atoms with van der Waals surface area (Å²) in [5.41, 5.74) is 1.03. The number of aliphatic hydroxyl groups is 1. The van der Waals surface area contributed by atoms with Crippen LogP contribution in [-0.4, -0.2) is 29.3 Å². The summed E-state index contributed by atoms with van der Waals surface area (Å²) in [5.74, 6) is 0. The average molecular weight is 299 g/mol. The first kappa shape index (κ1) is 10.5. The van der Waals surface area contributed by atoms with E-state index in [0.29, 0.717) is 6.54 Å². The molecule has 1 N–H and O–H groups in total. The summed E-state index contributed by atoms with van der Waals surface area (Å²) in [5, 5.41) is 10.5. The van der Waals surface area contributed by atoms with E-state index in [9.17, 15) is 5.11 Å². The maximum atomic E-state index is 9.51. The van der Waals surface area contributed by atoms with Crippen molar-refractivity contribution in [3.05, 3.63) is 22.7 Å². The molecule has 84 valence electrons. The molecule has 1 aromatic heterocycles. The zero-order valence-corrected chi connectivity index (χ0v) is 11.0. The van der Waals surface area contributed by atoms with Gasteiger partial charge in [-0.1, -0.05) is 27.3 Å². The first-order valence-electron chi connectivity index (χ1n) is 5.21. The minimum atomic E-state index is -0.196. The summed E-state index contributed by atoms with van der Waals surface area (Å²) < 4.78 is 2.27. The van der Waals surface area contributed by atoms with Crippen LogP contribution in [0.5, 0.6) is 0 Å². The van der Waals surface area contributed by atoms with Crippen LogP contribution in [0.15, 0.2) is 22.7 Å². The molecule has 16 heavy (non-hydrogen) atoms. The van der Waals surface area contributed by atoms with Gasteiger partial charge < -0.3 is 10.0 Å². The van der Waals surface area contributed by atoms with E-state index in [0.717, 1.165) is 28.1 Å². The van der Waals surface area contributed by atoms with Gasteiger partial charge in [0.05, 0.1) is 16.3 Å². The lowest BCUT2D eigenvalue weighted by Crippen LogP contribution is -2.20. The second-order valence-corrected chi connectivity index (χ2v) is 5.92. The number of fused-ring (bicyclic) bond motifs is 1. The number of thiazole rings is 1. The van der Waals surface area contributed by atoms with Crippen molar-refractivity contribution in [1.29, 1.82) is 0 Å². The summed E-state index contributed by atoms with van der Waals surface area (Å²) in [6, 6.07) is 6.11. The third-order valence-corrected chi connectivity index (χ3v) is 4.35. The predicted molar refractivity (Wildman–Crippen MR) is 70.2 cm³/mol. The van der Waals surface area contributed by atoms with Crippen LogP contribution in [0.4, 0.5) is 5.13 Å². The third kappa shape index (κ3) is 1.83. The molecule has 0 saturated carbocycles. The molecule has 1 aliphatic heterocycles. The van der Waals surface area contributed by atoms with E-state index in [1.807, 2.05) is 12.1 Å². The predicted octanol–water partition coefficient (Wildman–Crippen LogP) is 2.63. The number of nitrogens with zero attached hydrogens (tertiary/aromatic N) is 2. The number of anilines is 1. The average Bonchev–Trinajstić information content (AvgIpc) is 2.83. The van der Waals surface area contributed by atoms with Crippen molar-refractivity contribution in [2.24, 2.45) is 0 Å². The first-order chi connectivity index (χ1) is 7.72. The lowest BCUT2D eigenvalue weighted by atomic mass is 10.3. The molecule has 3 nitrogen and oxygen atoms in total. The number of β-amino-alcohol motifs (C(OH)–C–C–N with tert-alkyl or cyclic N) is 1. The summed E-state index contributed by atoms with van der Waals surface area (Å²) in [4.78, 5) is 6.74. The van der Waals surface area contributed by atoms with Gasteiger partial charge in [-0.15, -0.1) is 0 Å². The van der Waals surface area contributed by atoms with Crippen LogP contribution in [0.1, 0.15) is 6.42 Å². The minimum absolute atomic E-state index is 0.196. The normalized spacial score (nSPS) is 20.9. The molecular weight excluding hydrogens is 288 g/mol. The fourth-order valence-corrected chi connectivity index (χ4v) is 3.49. The Morgan fingerprint density at radius 2 is 2.38 bits per heavy atom. The van der Waals surface area contributed by atoms with E-state index in [4.69, 9.17) is 0 Å². The highest BCUT2D eigenvalue weighted by Gasteiger charge is 2.22. The van der Waals surface area contributed by atoms with E-state index in [1.54, 1.807) is 11.3 Å². The minimum Gasteiger partial charge on any atom is -0.391 e. The van der Waals surface area contributed by atoms with Crippen molar-refractivity contribution < 1.29 is 5.11 Å². The van der Waals surface area contributed by atoms with Gasteiger partial charge in [-0.05, 0) is 24.6 Å². The summed E-state index contributed by atoms with van der Waals surface area (Å²) in [6.45, 7) is 1.61. The van der Waals surface area contributed by atoms with Crippen LogP contribution in [-0.2, 0) is 0 Å². The van der Waals surface area contributed by atoms with Gasteiger partial charge in [0.25, 0.3) is 0 Å². The smallest absolute Gasteiger partial charge is 0.186 e. The Bertz CT molecular complexity index is 528. The highest BCUT2D eigenvalue weighted by Crippen LogP contribution is 2.32. The lowest BCUT2D eigenvalue weighted by Gasteiger charge is -2.12. The molecule has 3 rings (SSSR count). The maximum Gasteiger partial charge on any atom is 0.186 e. The molecule has 1 saturated heterocycles. The molecule has 2 heterocycles. The van der Waals surface area contributed by atoms with Gasteiger partial charge >= 0.3 is 0 Å². The van der Waals surface area contributed by atoms with E-state index in [2.05, 4.69) is 31.9 Å². The van der Waals surface area contributed by atoms with Gasteiger partial charge in [-0.3, -0.25) is 0 Å². The Hall–Kier alpha value is -0.650. The highest BCUT2D eigenvalue weighted by molar-refractivity contribution is 9.10. The van der Waals surface area contributed by atoms with Crippen LogP contribution in [0.2, 0.25) is 0 Å². The molecule has 0 spiro atoms. The largest absolute Gasteiger partial charge is 0.391 e. The molecule has 0 bridgehead atoms.